The molecule has 5 nitrogen and oxygen atoms in total. The quantitative estimate of drug-likeness (QED) is 0.667. The van der Waals surface area contributed by atoms with Crippen molar-refractivity contribution in [2.45, 2.75) is 19.4 Å². The first kappa shape index (κ1) is 16.6. The molecule has 3 rings (SSSR count). The van der Waals surface area contributed by atoms with E-state index in [0.717, 1.165) is 22.4 Å². The van der Waals surface area contributed by atoms with Crippen LogP contribution in [-0.2, 0) is 22.6 Å². The molecular weight excluding hydrogens is 316 g/mol. The van der Waals surface area contributed by atoms with Crippen molar-refractivity contribution in [2.24, 2.45) is 0 Å². The van der Waals surface area contributed by atoms with Crippen molar-refractivity contribution in [3.63, 3.8) is 0 Å². The Bertz CT molecular complexity index is 835. The van der Waals surface area contributed by atoms with Gasteiger partial charge in [-0.2, -0.15) is 0 Å². The lowest BCUT2D eigenvalue weighted by Crippen LogP contribution is -2.24. The van der Waals surface area contributed by atoms with E-state index >= 15 is 0 Å². The van der Waals surface area contributed by atoms with E-state index in [1.165, 1.54) is 0 Å². The lowest BCUT2D eigenvalue weighted by Gasteiger charge is -2.05. The summed E-state index contributed by atoms with van der Waals surface area (Å²) in [5.74, 6) is 6.04. The zero-order valence-corrected chi connectivity index (χ0v) is 13.7. The third-order valence-corrected chi connectivity index (χ3v) is 3.72. The molecule has 2 amide bonds. The Morgan fingerprint density at radius 3 is 2.84 bits per heavy atom. The van der Waals surface area contributed by atoms with Crippen molar-refractivity contribution in [2.75, 3.05) is 11.9 Å². The van der Waals surface area contributed by atoms with Crippen LogP contribution in [0.25, 0.3) is 0 Å². The number of carbonyl (C=O) groups excluding carboxylic acids is 2. The average molecular weight is 334 g/mol. The molecule has 0 aromatic heterocycles. The SMILES string of the molecule is O=C1Cc2cccc(C#CCCNC(=O)OCc3ccccc3)c2N1. The Morgan fingerprint density at radius 1 is 1.16 bits per heavy atom. The third kappa shape index (κ3) is 4.61. The minimum Gasteiger partial charge on any atom is -0.445 e. The minimum atomic E-state index is -0.460. The van der Waals surface area contributed by atoms with Crippen molar-refractivity contribution < 1.29 is 14.3 Å². The Kier molecular flexibility index (Phi) is 5.32. The van der Waals surface area contributed by atoms with Crippen LogP contribution in [0.5, 0.6) is 0 Å². The number of hydrogen-bond donors (Lipinski definition) is 2. The number of hydrogen-bond acceptors (Lipinski definition) is 3. The van der Waals surface area contributed by atoms with Gasteiger partial charge in [0.05, 0.1) is 12.1 Å². The van der Waals surface area contributed by atoms with Crippen LogP contribution in [0.15, 0.2) is 48.5 Å². The van der Waals surface area contributed by atoms with Crippen molar-refractivity contribution >= 4 is 17.7 Å². The summed E-state index contributed by atoms with van der Waals surface area (Å²) in [6.07, 6.45) is 0.441. The molecule has 25 heavy (non-hydrogen) atoms. The molecule has 0 fully saturated rings. The zero-order valence-electron chi connectivity index (χ0n) is 13.7. The molecule has 0 unspecified atom stereocenters. The largest absolute Gasteiger partial charge is 0.445 e. The number of alkyl carbamates (subject to hydrolysis) is 1. The Hall–Kier alpha value is -3.26. The fourth-order valence-electron chi connectivity index (χ4n) is 2.51. The maximum absolute atomic E-state index is 11.6. The van der Waals surface area contributed by atoms with Crippen LogP contribution in [-0.4, -0.2) is 18.5 Å². The molecule has 1 heterocycles. The van der Waals surface area contributed by atoms with Crippen LogP contribution in [0, 0.1) is 11.8 Å². The molecule has 126 valence electrons. The van der Waals surface area contributed by atoms with Gasteiger partial charge in [0, 0.05) is 18.5 Å². The molecule has 0 saturated carbocycles. The molecule has 2 N–H and O–H groups in total. The van der Waals surface area contributed by atoms with Crippen molar-refractivity contribution in [3.05, 3.63) is 65.2 Å². The smallest absolute Gasteiger partial charge is 0.407 e. The van der Waals surface area contributed by atoms with Gasteiger partial charge in [-0.05, 0) is 17.2 Å². The molecule has 0 bridgehead atoms. The zero-order chi connectivity index (χ0) is 17.5. The highest BCUT2D eigenvalue weighted by Crippen LogP contribution is 2.26. The molecule has 0 spiro atoms. The Balaban J connectivity index is 1.42. The fraction of sp³-hybridized carbons (Fsp3) is 0.200. The topological polar surface area (TPSA) is 67.4 Å². The summed E-state index contributed by atoms with van der Waals surface area (Å²) in [6.45, 7) is 0.649. The van der Waals surface area contributed by atoms with Gasteiger partial charge in [0.25, 0.3) is 0 Å². The van der Waals surface area contributed by atoms with Gasteiger partial charge in [-0.3, -0.25) is 4.79 Å². The van der Waals surface area contributed by atoms with E-state index in [1.807, 2.05) is 48.5 Å². The molecule has 2 aromatic carbocycles. The highest BCUT2D eigenvalue weighted by atomic mass is 16.5. The van der Waals surface area contributed by atoms with E-state index in [2.05, 4.69) is 22.5 Å². The van der Waals surface area contributed by atoms with Gasteiger partial charge in [0.2, 0.25) is 5.91 Å². The molecular formula is C20H18N2O3. The summed E-state index contributed by atoms with van der Waals surface area (Å²) in [7, 11) is 0. The molecule has 0 radical (unpaired) electrons. The number of benzene rings is 2. The highest BCUT2D eigenvalue weighted by molar-refractivity contribution is 6.00. The van der Waals surface area contributed by atoms with Crippen LogP contribution < -0.4 is 10.6 Å². The number of carbonyl (C=O) groups is 2. The molecule has 0 aliphatic carbocycles. The number of fused-ring (bicyclic) bond motifs is 1. The van der Waals surface area contributed by atoms with Crippen LogP contribution >= 0.6 is 0 Å². The van der Waals surface area contributed by atoms with Crippen LogP contribution in [0.4, 0.5) is 10.5 Å². The molecule has 1 aliphatic heterocycles. The van der Waals surface area contributed by atoms with E-state index in [0.29, 0.717) is 19.4 Å². The van der Waals surface area contributed by atoms with Crippen molar-refractivity contribution in [1.29, 1.82) is 0 Å². The van der Waals surface area contributed by atoms with E-state index in [4.69, 9.17) is 4.74 Å². The average Bonchev–Trinajstić information content (AvgIpc) is 3.01. The number of para-hydroxylation sites is 1. The number of nitrogens with one attached hydrogen (secondary N) is 2. The second-order valence-electron chi connectivity index (χ2n) is 5.60. The highest BCUT2D eigenvalue weighted by Gasteiger charge is 2.19. The van der Waals surface area contributed by atoms with Gasteiger partial charge in [0.1, 0.15) is 6.61 Å². The lowest BCUT2D eigenvalue weighted by atomic mass is 10.1. The predicted molar refractivity (Wildman–Crippen MR) is 94.9 cm³/mol. The lowest BCUT2D eigenvalue weighted by molar-refractivity contribution is -0.115. The molecule has 2 aromatic rings. The van der Waals surface area contributed by atoms with Gasteiger partial charge in [0.15, 0.2) is 0 Å². The summed E-state index contributed by atoms with van der Waals surface area (Å²) in [4.78, 5) is 23.1. The van der Waals surface area contributed by atoms with Crippen molar-refractivity contribution in [1.82, 2.24) is 5.32 Å². The summed E-state index contributed by atoms with van der Waals surface area (Å²) >= 11 is 0. The Morgan fingerprint density at radius 2 is 2.00 bits per heavy atom. The predicted octanol–water partition coefficient (Wildman–Crippen LogP) is 2.85. The van der Waals surface area contributed by atoms with Crippen LogP contribution in [0.3, 0.4) is 0 Å². The third-order valence-electron chi connectivity index (χ3n) is 3.72. The van der Waals surface area contributed by atoms with Crippen LogP contribution in [0.1, 0.15) is 23.1 Å². The molecule has 1 aliphatic rings. The minimum absolute atomic E-state index is 0.00734. The normalized spacial score (nSPS) is 11.8. The summed E-state index contributed by atoms with van der Waals surface area (Å²) in [6, 6.07) is 15.2. The second kappa shape index (κ2) is 8.02. The van der Waals surface area contributed by atoms with Crippen LogP contribution in [0.2, 0.25) is 0 Å². The Labute approximate surface area is 146 Å². The number of anilines is 1. The first-order valence-corrected chi connectivity index (χ1v) is 8.07. The van der Waals surface area contributed by atoms with Gasteiger partial charge in [-0.25, -0.2) is 4.79 Å². The van der Waals surface area contributed by atoms with Crippen molar-refractivity contribution in [3.8, 4) is 11.8 Å². The van der Waals surface area contributed by atoms with E-state index < -0.39 is 6.09 Å². The molecule has 5 heteroatoms. The van der Waals surface area contributed by atoms with Gasteiger partial charge in [-0.15, -0.1) is 0 Å². The first-order chi connectivity index (χ1) is 12.2. The summed E-state index contributed by atoms with van der Waals surface area (Å²) < 4.78 is 5.12. The number of amides is 2. The second-order valence-corrected chi connectivity index (χ2v) is 5.60. The molecule has 0 saturated heterocycles. The summed E-state index contributed by atoms with van der Waals surface area (Å²) in [5, 5.41) is 5.49. The van der Waals surface area contributed by atoms with E-state index in [1.54, 1.807) is 0 Å². The monoisotopic (exact) mass is 334 g/mol. The van der Waals surface area contributed by atoms with Gasteiger partial charge >= 0.3 is 6.09 Å². The van der Waals surface area contributed by atoms with E-state index in [-0.39, 0.29) is 12.5 Å². The van der Waals surface area contributed by atoms with Gasteiger partial charge in [-0.1, -0.05) is 54.3 Å². The summed E-state index contributed by atoms with van der Waals surface area (Å²) in [5.41, 5.74) is 3.52. The molecule has 0 atom stereocenters. The maximum atomic E-state index is 11.6. The standard InChI is InChI=1S/C20H18N2O3/c23-18-13-17-11-6-10-16(19(17)22-18)9-4-5-12-21-20(24)25-14-15-7-2-1-3-8-15/h1-3,6-8,10-11H,5,12-14H2,(H,21,24)(H,22,23). The fourth-order valence-corrected chi connectivity index (χ4v) is 2.51. The first-order valence-electron chi connectivity index (χ1n) is 8.07. The number of ether oxygens (including phenoxy) is 1. The van der Waals surface area contributed by atoms with E-state index in [9.17, 15) is 9.59 Å². The number of rotatable bonds is 4. The van der Waals surface area contributed by atoms with Gasteiger partial charge < -0.3 is 15.4 Å². The maximum Gasteiger partial charge on any atom is 0.407 e.